The van der Waals surface area contributed by atoms with Crippen molar-refractivity contribution in [2.24, 2.45) is 0 Å². The maximum absolute atomic E-state index is 11.4. The maximum atomic E-state index is 11.4. The van der Waals surface area contributed by atoms with Crippen molar-refractivity contribution in [1.29, 1.82) is 0 Å². The molecule has 1 aliphatic heterocycles. The third kappa shape index (κ3) is 3.94. The molecule has 1 aromatic rings. The van der Waals surface area contributed by atoms with Crippen LogP contribution in [0.25, 0.3) is 0 Å². The SMILES string of the molecule is CN1CCCCC1CNc1ccc(S(C)(=O)=O)cc1. The molecule has 0 bridgehead atoms. The topological polar surface area (TPSA) is 49.4 Å². The molecule has 1 heterocycles. The zero-order chi connectivity index (χ0) is 13.9. The lowest BCUT2D eigenvalue weighted by molar-refractivity contribution is 0.194. The monoisotopic (exact) mass is 282 g/mol. The lowest BCUT2D eigenvalue weighted by Gasteiger charge is -2.32. The highest BCUT2D eigenvalue weighted by atomic mass is 32.2. The van der Waals surface area contributed by atoms with Crippen LogP contribution in [-0.4, -0.2) is 45.8 Å². The summed E-state index contributed by atoms with van der Waals surface area (Å²) < 4.78 is 22.7. The Kier molecular flexibility index (Phi) is 4.47. The average Bonchev–Trinajstić information content (AvgIpc) is 2.37. The summed E-state index contributed by atoms with van der Waals surface area (Å²) >= 11 is 0. The highest BCUT2D eigenvalue weighted by Gasteiger charge is 2.18. The molecular weight excluding hydrogens is 260 g/mol. The number of sulfone groups is 1. The molecule has 1 fully saturated rings. The van der Waals surface area contributed by atoms with Gasteiger partial charge in [-0.25, -0.2) is 8.42 Å². The molecule has 0 aromatic heterocycles. The largest absolute Gasteiger partial charge is 0.383 e. The van der Waals surface area contributed by atoms with E-state index in [9.17, 15) is 8.42 Å². The number of hydrogen-bond acceptors (Lipinski definition) is 4. The molecular formula is C14H22N2O2S. The van der Waals surface area contributed by atoms with Crippen LogP contribution in [0.3, 0.4) is 0 Å². The molecule has 0 spiro atoms. The van der Waals surface area contributed by atoms with Crippen molar-refractivity contribution in [1.82, 2.24) is 4.90 Å². The van der Waals surface area contributed by atoms with Gasteiger partial charge in [0.05, 0.1) is 4.90 Å². The minimum absolute atomic E-state index is 0.368. The van der Waals surface area contributed by atoms with Crippen LogP contribution < -0.4 is 5.32 Å². The summed E-state index contributed by atoms with van der Waals surface area (Å²) in [7, 11) is -0.935. The van der Waals surface area contributed by atoms with E-state index in [2.05, 4.69) is 17.3 Å². The highest BCUT2D eigenvalue weighted by molar-refractivity contribution is 7.90. The van der Waals surface area contributed by atoms with Gasteiger partial charge in [-0.15, -0.1) is 0 Å². The first-order chi connectivity index (χ1) is 8.97. The van der Waals surface area contributed by atoms with E-state index in [1.165, 1.54) is 32.1 Å². The fraction of sp³-hybridized carbons (Fsp3) is 0.571. The lowest BCUT2D eigenvalue weighted by Crippen LogP contribution is -2.40. The molecule has 1 saturated heterocycles. The Morgan fingerprint density at radius 2 is 1.95 bits per heavy atom. The van der Waals surface area contributed by atoms with Gasteiger partial charge in [0.1, 0.15) is 0 Å². The molecule has 106 valence electrons. The van der Waals surface area contributed by atoms with Gasteiger partial charge in [-0.1, -0.05) is 6.42 Å². The van der Waals surface area contributed by atoms with Crippen molar-refractivity contribution in [3.8, 4) is 0 Å². The smallest absolute Gasteiger partial charge is 0.175 e. The van der Waals surface area contributed by atoms with Crippen LogP contribution in [-0.2, 0) is 9.84 Å². The van der Waals surface area contributed by atoms with E-state index in [0.29, 0.717) is 10.9 Å². The van der Waals surface area contributed by atoms with Gasteiger partial charge in [-0.05, 0) is 50.7 Å². The Morgan fingerprint density at radius 3 is 2.53 bits per heavy atom. The Hall–Kier alpha value is -1.07. The minimum Gasteiger partial charge on any atom is -0.383 e. The number of nitrogens with one attached hydrogen (secondary N) is 1. The minimum atomic E-state index is -3.10. The van der Waals surface area contributed by atoms with Gasteiger partial charge in [-0.2, -0.15) is 0 Å². The van der Waals surface area contributed by atoms with Crippen LogP contribution >= 0.6 is 0 Å². The predicted octanol–water partition coefficient (Wildman–Crippen LogP) is 1.99. The van der Waals surface area contributed by atoms with Crippen LogP contribution in [0.15, 0.2) is 29.2 Å². The van der Waals surface area contributed by atoms with Crippen LogP contribution in [0, 0.1) is 0 Å². The van der Waals surface area contributed by atoms with Crippen molar-refractivity contribution in [2.45, 2.75) is 30.2 Å². The van der Waals surface area contributed by atoms with Crippen LogP contribution in [0.4, 0.5) is 5.69 Å². The summed E-state index contributed by atoms with van der Waals surface area (Å²) in [6.45, 7) is 2.08. The first kappa shape index (κ1) is 14.3. The third-order valence-electron chi connectivity index (χ3n) is 3.75. The van der Waals surface area contributed by atoms with Gasteiger partial charge in [0.25, 0.3) is 0 Å². The van der Waals surface area contributed by atoms with E-state index in [1.54, 1.807) is 12.1 Å². The first-order valence-electron chi connectivity index (χ1n) is 6.71. The fourth-order valence-electron chi connectivity index (χ4n) is 2.46. The molecule has 0 saturated carbocycles. The second-order valence-electron chi connectivity index (χ2n) is 5.31. The van der Waals surface area contributed by atoms with E-state index in [4.69, 9.17) is 0 Å². The van der Waals surface area contributed by atoms with Crippen molar-refractivity contribution in [3.05, 3.63) is 24.3 Å². The predicted molar refractivity (Wildman–Crippen MR) is 78.3 cm³/mol. The van der Waals surface area contributed by atoms with Crippen LogP contribution in [0.2, 0.25) is 0 Å². The van der Waals surface area contributed by atoms with Gasteiger partial charge in [0.2, 0.25) is 0 Å². The molecule has 5 heteroatoms. The first-order valence-corrected chi connectivity index (χ1v) is 8.60. The number of nitrogens with zero attached hydrogens (tertiary/aromatic N) is 1. The van der Waals surface area contributed by atoms with E-state index in [0.717, 1.165) is 12.2 Å². The Labute approximate surface area is 115 Å². The van der Waals surface area contributed by atoms with Gasteiger partial charge in [0, 0.05) is 24.5 Å². The summed E-state index contributed by atoms with van der Waals surface area (Å²) in [6.07, 6.45) is 5.04. The Morgan fingerprint density at radius 1 is 1.26 bits per heavy atom. The number of benzene rings is 1. The number of anilines is 1. The molecule has 1 N–H and O–H groups in total. The number of likely N-dealkylation sites (N-methyl/N-ethyl adjacent to an activating group) is 1. The fourth-order valence-corrected chi connectivity index (χ4v) is 3.09. The molecule has 1 atom stereocenters. The summed E-state index contributed by atoms with van der Waals surface area (Å²) in [5.41, 5.74) is 0.978. The standard InChI is InChI=1S/C14H22N2O2S/c1-16-10-4-3-5-13(16)11-15-12-6-8-14(9-7-12)19(2,17)18/h6-9,13,15H,3-5,10-11H2,1-2H3. The molecule has 4 nitrogen and oxygen atoms in total. The molecule has 1 unspecified atom stereocenters. The Bertz CT molecular complexity index is 511. The van der Waals surface area contributed by atoms with Gasteiger partial charge < -0.3 is 10.2 Å². The molecule has 0 amide bonds. The molecule has 2 rings (SSSR count). The van der Waals surface area contributed by atoms with Crippen LogP contribution in [0.5, 0.6) is 0 Å². The molecule has 1 aromatic carbocycles. The number of piperidine rings is 1. The van der Waals surface area contributed by atoms with Crippen molar-refractivity contribution < 1.29 is 8.42 Å². The molecule has 19 heavy (non-hydrogen) atoms. The van der Waals surface area contributed by atoms with Gasteiger partial charge in [0.15, 0.2) is 9.84 Å². The quantitative estimate of drug-likeness (QED) is 0.917. The summed E-state index contributed by atoms with van der Waals surface area (Å²) in [5, 5.41) is 3.39. The van der Waals surface area contributed by atoms with Crippen molar-refractivity contribution in [3.63, 3.8) is 0 Å². The maximum Gasteiger partial charge on any atom is 0.175 e. The molecule has 1 aliphatic rings. The normalized spacial score (nSPS) is 21.3. The summed E-state index contributed by atoms with van der Waals surface area (Å²) in [4.78, 5) is 2.76. The Balaban J connectivity index is 1.93. The van der Waals surface area contributed by atoms with E-state index in [1.807, 2.05) is 12.1 Å². The molecule has 0 aliphatic carbocycles. The lowest BCUT2D eigenvalue weighted by atomic mass is 10.0. The van der Waals surface area contributed by atoms with Crippen molar-refractivity contribution >= 4 is 15.5 Å². The van der Waals surface area contributed by atoms with E-state index in [-0.39, 0.29) is 0 Å². The second-order valence-corrected chi connectivity index (χ2v) is 7.32. The van der Waals surface area contributed by atoms with E-state index < -0.39 is 9.84 Å². The number of rotatable bonds is 4. The van der Waals surface area contributed by atoms with Gasteiger partial charge in [-0.3, -0.25) is 0 Å². The summed E-state index contributed by atoms with van der Waals surface area (Å²) in [6, 6.07) is 7.55. The molecule has 0 radical (unpaired) electrons. The summed E-state index contributed by atoms with van der Waals surface area (Å²) in [5.74, 6) is 0. The zero-order valence-electron chi connectivity index (χ0n) is 11.6. The average molecular weight is 282 g/mol. The number of likely N-dealkylation sites (tertiary alicyclic amines) is 1. The zero-order valence-corrected chi connectivity index (χ0v) is 12.4. The second kappa shape index (κ2) is 5.92. The van der Waals surface area contributed by atoms with Crippen molar-refractivity contribution in [2.75, 3.05) is 31.7 Å². The highest BCUT2D eigenvalue weighted by Crippen LogP contribution is 2.17. The van der Waals surface area contributed by atoms with E-state index >= 15 is 0 Å². The van der Waals surface area contributed by atoms with Gasteiger partial charge >= 0.3 is 0 Å². The van der Waals surface area contributed by atoms with Crippen LogP contribution in [0.1, 0.15) is 19.3 Å². The number of hydrogen-bond donors (Lipinski definition) is 1. The third-order valence-corrected chi connectivity index (χ3v) is 4.87.